The van der Waals surface area contributed by atoms with Gasteiger partial charge in [-0.3, -0.25) is 14.4 Å². The van der Waals surface area contributed by atoms with Gasteiger partial charge in [0, 0.05) is 35.8 Å². The summed E-state index contributed by atoms with van der Waals surface area (Å²) in [5.41, 5.74) is 7.29. The molecule has 1 saturated heterocycles. The number of carbonyl (C=O) groups excluding carboxylic acids is 3. The molecule has 33 heavy (non-hydrogen) atoms. The number of nitrogens with zero attached hydrogens (tertiary/aromatic N) is 1. The largest absolute Gasteiger partial charge is 0.480 e. The number of aromatic amines is 1. The van der Waals surface area contributed by atoms with E-state index in [1.807, 2.05) is 24.3 Å². The summed E-state index contributed by atoms with van der Waals surface area (Å²) < 4.78 is 0. The summed E-state index contributed by atoms with van der Waals surface area (Å²) in [7, 11) is 0. The summed E-state index contributed by atoms with van der Waals surface area (Å²) in [6, 6.07) is 3.76. The maximum absolute atomic E-state index is 12.8. The van der Waals surface area contributed by atoms with Crippen LogP contribution in [0, 0.1) is 0 Å². The molecule has 3 amide bonds. The Balaban J connectivity index is 1.66. The Morgan fingerprint density at radius 2 is 1.97 bits per heavy atom. The predicted molar refractivity (Wildman–Crippen MR) is 126 cm³/mol. The van der Waals surface area contributed by atoms with Crippen LogP contribution in [0.4, 0.5) is 0 Å². The first-order valence-electron chi connectivity index (χ1n) is 10.8. The van der Waals surface area contributed by atoms with Crippen molar-refractivity contribution >= 4 is 47.2 Å². The maximum Gasteiger partial charge on any atom is 0.326 e. The molecule has 11 heteroatoms. The number of H-pyrrole nitrogens is 1. The Hall–Kier alpha value is -3.05. The monoisotopic (exact) mass is 475 g/mol. The van der Waals surface area contributed by atoms with Crippen molar-refractivity contribution in [3.05, 3.63) is 36.0 Å². The summed E-state index contributed by atoms with van der Waals surface area (Å²) >= 11 is 4.15. The number of amides is 3. The fourth-order valence-corrected chi connectivity index (χ4v) is 4.28. The second kappa shape index (κ2) is 10.7. The SMILES string of the molecule is CC(N)C(=O)N1CCCC1C(=O)NC(CS)C(=O)NC(Cc1c[nH]c2ccccc12)C(=O)O. The molecule has 1 aliphatic heterocycles. The van der Waals surface area contributed by atoms with E-state index in [4.69, 9.17) is 5.73 Å². The van der Waals surface area contributed by atoms with E-state index in [1.54, 1.807) is 13.1 Å². The summed E-state index contributed by atoms with van der Waals surface area (Å²) in [4.78, 5) is 54.2. The van der Waals surface area contributed by atoms with E-state index in [-0.39, 0.29) is 18.1 Å². The molecule has 0 bridgehead atoms. The minimum absolute atomic E-state index is 0.0368. The molecule has 178 valence electrons. The molecule has 4 unspecified atom stereocenters. The fraction of sp³-hybridized carbons (Fsp3) is 0.455. The zero-order chi connectivity index (χ0) is 24.1. The van der Waals surface area contributed by atoms with Gasteiger partial charge in [-0.15, -0.1) is 0 Å². The third-order valence-corrected chi connectivity index (χ3v) is 6.12. The van der Waals surface area contributed by atoms with Gasteiger partial charge in [0.25, 0.3) is 0 Å². The van der Waals surface area contributed by atoms with Crippen LogP contribution in [0.2, 0.25) is 0 Å². The van der Waals surface area contributed by atoms with Crippen molar-refractivity contribution in [2.45, 2.75) is 50.4 Å². The Bertz CT molecular complexity index is 1040. The first-order valence-corrected chi connectivity index (χ1v) is 11.4. The second-order valence-electron chi connectivity index (χ2n) is 8.19. The zero-order valence-corrected chi connectivity index (χ0v) is 19.2. The summed E-state index contributed by atoms with van der Waals surface area (Å²) in [6.07, 6.45) is 2.90. The van der Waals surface area contributed by atoms with Crippen molar-refractivity contribution in [2.75, 3.05) is 12.3 Å². The van der Waals surface area contributed by atoms with E-state index in [0.717, 1.165) is 16.5 Å². The molecular weight excluding hydrogens is 446 g/mol. The van der Waals surface area contributed by atoms with Crippen LogP contribution >= 0.6 is 12.6 Å². The molecule has 10 nitrogen and oxygen atoms in total. The van der Waals surface area contributed by atoms with Crippen LogP contribution in [0.5, 0.6) is 0 Å². The number of likely N-dealkylation sites (tertiary alicyclic amines) is 1. The highest BCUT2D eigenvalue weighted by atomic mass is 32.1. The van der Waals surface area contributed by atoms with Crippen LogP contribution in [-0.2, 0) is 25.6 Å². The van der Waals surface area contributed by atoms with E-state index in [9.17, 15) is 24.3 Å². The number of rotatable bonds is 9. The molecule has 0 aliphatic carbocycles. The van der Waals surface area contributed by atoms with Crippen LogP contribution < -0.4 is 16.4 Å². The van der Waals surface area contributed by atoms with Gasteiger partial charge >= 0.3 is 5.97 Å². The number of benzene rings is 1. The standard InChI is InChI=1S/C22H29N5O5S/c1-12(23)21(30)27-8-4-7-18(27)20(29)26-17(11-33)19(28)25-16(22(31)32)9-13-10-24-15-6-3-2-5-14(13)15/h2-3,5-6,10,12,16-18,24,33H,4,7-9,11,23H2,1H3,(H,25,28)(H,26,29)(H,31,32). The van der Waals surface area contributed by atoms with Gasteiger partial charge in [0.05, 0.1) is 6.04 Å². The molecule has 1 fully saturated rings. The topological polar surface area (TPSA) is 158 Å². The number of carboxylic acid groups (broad SMARTS) is 1. The summed E-state index contributed by atoms with van der Waals surface area (Å²) in [5, 5.41) is 15.6. The van der Waals surface area contributed by atoms with Crippen molar-refractivity contribution in [3.63, 3.8) is 0 Å². The Labute approximate surface area is 196 Å². The Morgan fingerprint density at radius 1 is 1.24 bits per heavy atom. The quantitative estimate of drug-likeness (QED) is 0.281. The minimum atomic E-state index is -1.20. The van der Waals surface area contributed by atoms with E-state index in [0.29, 0.717) is 19.4 Å². The molecule has 6 N–H and O–H groups in total. The number of hydrogen-bond acceptors (Lipinski definition) is 6. The maximum atomic E-state index is 12.8. The van der Waals surface area contributed by atoms with Crippen molar-refractivity contribution in [3.8, 4) is 0 Å². The first-order chi connectivity index (χ1) is 15.7. The molecule has 1 aromatic carbocycles. The second-order valence-corrected chi connectivity index (χ2v) is 8.55. The smallest absolute Gasteiger partial charge is 0.326 e. The summed E-state index contributed by atoms with van der Waals surface area (Å²) in [6.45, 7) is 1.97. The molecule has 3 rings (SSSR count). The minimum Gasteiger partial charge on any atom is -0.480 e. The number of fused-ring (bicyclic) bond motifs is 1. The van der Waals surface area contributed by atoms with Gasteiger partial charge < -0.3 is 31.4 Å². The van der Waals surface area contributed by atoms with Crippen LogP contribution in [0.15, 0.2) is 30.5 Å². The highest BCUT2D eigenvalue weighted by Crippen LogP contribution is 2.20. The number of aromatic nitrogens is 1. The molecule has 2 heterocycles. The first kappa shape index (κ1) is 24.6. The number of nitrogens with two attached hydrogens (primary N) is 1. The van der Waals surface area contributed by atoms with E-state index in [1.165, 1.54) is 4.90 Å². The number of thiol groups is 1. The molecular formula is C22H29N5O5S. The number of nitrogens with one attached hydrogen (secondary N) is 3. The van der Waals surface area contributed by atoms with Crippen molar-refractivity contribution in [1.29, 1.82) is 0 Å². The Morgan fingerprint density at radius 3 is 2.64 bits per heavy atom. The zero-order valence-electron chi connectivity index (χ0n) is 18.3. The third kappa shape index (κ3) is 5.66. The van der Waals surface area contributed by atoms with Gasteiger partial charge in [-0.2, -0.15) is 12.6 Å². The van der Waals surface area contributed by atoms with E-state index < -0.39 is 42.0 Å². The lowest BCUT2D eigenvalue weighted by Gasteiger charge is -2.27. The molecule has 2 aromatic rings. The number of aliphatic carboxylic acids is 1. The molecule has 4 atom stereocenters. The lowest BCUT2D eigenvalue weighted by Crippen LogP contribution is -2.57. The van der Waals surface area contributed by atoms with E-state index in [2.05, 4.69) is 28.2 Å². The number of para-hydroxylation sites is 1. The summed E-state index contributed by atoms with van der Waals surface area (Å²) in [5.74, 6) is -2.70. The van der Waals surface area contributed by atoms with Gasteiger partial charge in [-0.05, 0) is 31.4 Å². The van der Waals surface area contributed by atoms with Crippen LogP contribution in [-0.4, -0.2) is 75.1 Å². The number of carboxylic acids is 1. The van der Waals surface area contributed by atoms with Gasteiger partial charge in [0.1, 0.15) is 18.1 Å². The van der Waals surface area contributed by atoms with Gasteiger partial charge in [0.15, 0.2) is 0 Å². The highest BCUT2D eigenvalue weighted by Gasteiger charge is 2.37. The van der Waals surface area contributed by atoms with Gasteiger partial charge in [-0.25, -0.2) is 4.79 Å². The molecule has 0 spiro atoms. The third-order valence-electron chi connectivity index (χ3n) is 5.76. The van der Waals surface area contributed by atoms with Crippen LogP contribution in [0.1, 0.15) is 25.3 Å². The van der Waals surface area contributed by atoms with Crippen molar-refractivity contribution in [1.82, 2.24) is 20.5 Å². The Kier molecular flexibility index (Phi) is 7.98. The average molecular weight is 476 g/mol. The average Bonchev–Trinajstić information content (AvgIpc) is 3.43. The van der Waals surface area contributed by atoms with Crippen LogP contribution in [0.3, 0.4) is 0 Å². The van der Waals surface area contributed by atoms with Crippen molar-refractivity contribution in [2.24, 2.45) is 5.73 Å². The molecule has 1 aromatic heterocycles. The lowest BCUT2D eigenvalue weighted by molar-refractivity contribution is -0.142. The highest BCUT2D eigenvalue weighted by molar-refractivity contribution is 7.80. The van der Waals surface area contributed by atoms with Crippen LogP contribution in [0.25, 0.3) is 10.9 Å². The number of hydrogen-bond donors (Lipinski definition) is 6. The van der Waals surface area contributed by atoms with Gasteiger partial charge in [0.2, 0.25) is 17.7 Å². The molecule has 0 saturated carbocycles. The number of carbonyl (C=O) groups is 4. The lowest BCUT2D eigenvalue weighted by atomic mass is 10.0. The van der Waals surface area contributed by atoms with Crippen molar-refractivity contribution < 1.29 is 24.3 Å². The molecule has 0 radical (unpaired) electrons. The predicted octanol–water partition coefficient (Wildman–Crippen LogP) is 0.0326. The van der Waals surface area contributed by atoms with E-state index >= 15 is 0 Å². The fourth-order valence-electron chi connectivity index (χ4n) is 4.02. The molecule has 1 aliphatic rings. The van der Waals surface area contributed by atoms with Gasteiger partial charge in [-0.1, -0.05) is 18.2 Å². The normalized spacial score (nSPS) is 18.5.